The Bertz CT molecular complexity index is 92.1. The molecular weight excluding hydrogens is 140 g/mol. The number of hydrogen-bond acceptors (Lipinski definition) is 3. The highest BCUT2D eigenvalue weighted by atomic mass is 16.5. The predicted molar refractivity (Wildman–Crippen MR) is 45.7 cm³/mol. The van der Waals surface area contributed by atoms with E-state index in [4.69, 9.17) is 4.74 Å². The lowest BCUT2D eigenvalue weighted by Gasteiger charge is -2.08. The van der Waals surface area contributed by atoms with E-state index in [1.54, 1.807) is 0 Å². The summed E-state index contributed by atoms with van der Waals surface area (Å²) >= 11 is 0. The molecule has 0 aliphatic carbocycles. The minimum atomic E-state index is 0.756. The maximum absolute atomic E-state index is 5.26. The van der Waals surface area contributed by atoms with Crippen LogP contribution in [0.1, 0.15) is 6.42 Å². The quantitative estimate of drug-likeness (QED) is 0.545. The van der Waals surface area contributed by atoms with Crippen LogP contribution in [0.2, 0.25) is 0 Å². The summed E-state index contributed by atoms with van der Waals surface area (Å²) in [6.07, 6.45) is 1.23. The van der Waals surface area contributed by atoms with Crippen molar-refractivity contribution in [3.05, 3.63) is 0 Å². The van der Waals surface area contributed by atoms with Gasteiger partial charge in [0.05, 0.1) is 6.61 Å². The first-order chi connectivity index (χ1) is 5.43. The van der Waals surface area contributed by atoms with E-state index in [-0.39, 0.29) is 0 Å². The summed E-state index contributed by atoms with van der Waals surface area (Å²) in [6.45, 7) is 5.13. The monoisotopic (exact) mass is 158 g/mol. The smallest absolute Gasteiger partial charge is 0.0507 e. The third-order valence-electron chi connectivity index (χ3n) is 2.01. The minimum absolute atomic E-state index is 0.756. The molecule has 1 fully saturated rings. The van der Waals surface area contributed by atoms with Gasteiger partial charge in [-0.1, -0.05) is 0 Å². The van der Waals surface area contributed by atoms with Crippen LogP contribution in [0.4, 0.5) is 0 Å². The molecule has 3 heteroatoms. The molecular formula is C8H18N2O. The van der Waals surface area contributed by atoms with Crippen molar-refractivity contribution < 1.29 is 4.74 Å². The van der Waals surface area contributed by atoms with Crippen molar-refractivity contribution in [2.75, 3.05) is 39.9 Å². The second-order valence-electron chi connectivity index (χ2n) is 3.04. The first-order valence-corrected chi connectivity index (χ1v) is 4.36. The second kappa shape index (κ2) is 5.52. The molecule has 1 atom stereocenters. The summed E-state index contributed by atoms with van der Waals surface area (Å²) in [6, 6.07) is 0. The van der Waals surface area contributed by atoms with E-state index in [9.17, 15) is 0 Å². The summed E-state index contributed by atoms with van der Waals surface area (Å²) in [4.78, 5) is 0. The molecule has 0 aromatic rings. The number of rotatable bonds is 5. The van der Waals surface area contributed by atoms with E-state index in [1.165, 1.54) is 6.42 Å². The number of likely N-dealkylation sites (N-methyl/N-ethyl adjacent to an activating group) is 1. The highest BCUT2D eigenvalue weighted by molar-refractivity contribution is 4.66. The van der Waals surface area contributed by atoms with Crippen molar-refractivity contribution in [3.8, 4) is 0 Å². The van der Waals surface area contributed by atoms with Crippen LogP contribution in [0.3, 0.4) is 0 Å². The largest absolute Gasteiger partial charge is 0.381 e. The van der Waals surface area contributed by atoms with Crippen molar-refractivity contribution in [3.63, 3.8) is 0 Å². The first kappa shape index (κ1) is 8.97. The van der Waals surface area contributed by atoms with E-state index in [1.807, 2.05) is 7.05 Å². The van der Waals surface area contributed by atoms with Crippen molar-refractivity contribution >= 4 is 0 Å². The maximum Gasteiger partial charge on any atom is 0.0507 e. The fourth-order valence-corrected chi connectivity index (χ4v) is 1.26. The average molecular weight is 158 g/mol. The predicted octanol–water partition coefficient (Wildman–Crippen LogP) is -0.168. The van der Waals surface area contributed by atoms with E-state index in [2.05, 4.69) is 10.6 Å². The fraction of sp³-hybridized carbons (Fsp3) is 1.00. The lowest BCUT2D eigenvalue weighted by atomic mass is 10.1. The van der Waals surface area contributed by atoms with Crippen molar-refractivity contribution in [2.45, 2.75) is 6.42 Å². The van der Waals surface area contributed by atoms with Gasteiger partial charge >= 0.3 is 0 Å². The summed E-state index contributed by atoms with van der Waals surface area (Å²) in [5.74, 6) is 0.756. The van der Waals surface area contributed by atoms with Gasteiger partial charge in [0.1, 0.15) is 0 Å². The molecule has 1 heterocycles. The van der Waals surface area contributed by atoms with Crippen molar-refractivity contribution in [2.24, 2.45) is 5.92 Å². The zero-order chi connectivity index (χ0) is 7.94. The Hall–Kier alpha value is -0.120. The van der Waals surface area contributed by atoms with Gasteiger partial charge in [0.25, 0.3) is 0 Å². The number of nitrogens with one attached hydrogen (secondary N) is 2. The van der Waals surface area contributed by atoms with Gasteiger partial charge in [0.15, 0.2) is 0 Å². The second-order valence-corrected chi connectivity index (χ2v) is 3.04. The Balaban J connectivity index is 1.86. The van der Waals surface area contributed by atoms with E-state index >= 15 is 0 Å². The van der Waals surface area contributed by atoms with Gasteiger partial charge in [-0.05, 0) is 19.4 Å². The van der Waals surface area contributed by atoms with Crippen LogP contribution in [-0.4, -0.2) is 39.9 Å². The average Bonchev–Trinajstić information content (AvgIpc) is 2.50. The Kier molecular flexibility index (Phi) is 4.50. The summed E-state index contributed by atoms with van der Waals surface area (Å²) in [7, 11) is 1.97. The molecule has 0 bridgehead atoms. The van der Waals surface area contributed by atoms with Crippen LogP contribution in [0.15, 0.2) is 0 Å². The third-order valence-corrected chi connectivity index (χ3v) is 2.01. The van der Waals surface area contributed by atoms with Crippen molar-refractivity contribution in [1.82, 2.24) is 10.6 Å². The molecule has 1 aliphatic heterocycles. The van der Waals surface area contributed by atoms with E-state index in [0.717, 1.165) is 38.8 Å². The van der Waals surface area contributed by atoms with Gasteiger partial charge in [-0.3, -0.25) is 0 Å². The topological polar surface area (TPSA) is 33.3 Å². The Labute approximate surface area is 68.5 Å². The van der Waals surface area contributed by atoms with Crippen LogP contribution in [-0.2, 0) is 4.74 Å². The molecule has 66 valence electrons. The summed E-state index contributed by atoms with van der Waals surface area (Å²) < 4.78 is 5.26. The highest BCUT2D eigenvalue weighted by Gasteiger charge is 2.13. The lowest BCUT2D eigenvalue weighted by Crippen LogP contribution is -2.29. The molecule has 0 radical (unpaired) electrons. The molecule has 1 saturated heterocycles. The molecule has 0 aromatic carbocycles. The zero-order valence-corrected chi connectivity index (χ0v) is 7.23. The van der Waals surface area contributed by atoms with Gasteiger partial charge in [0, 0.05) is 26.2 Å². The van der Waals surface area contributed by atoms with E-state index < -0.39 is 0 Å². The third kappa shape index (κ3) is 3.70. The van der Waals surface area contributed by atoms with Crippen LogP contribution in [0, 0.1) is 5.92 Å². The molecule has 11 heavy (non-hydrogen) atoms. The number of ether oxygens (including phenoxy) is 1. The van der Waals surface area contributed by atoms with Crippen molar-refractivity contribution in [1.29, 1.82) is 0 Å². The Morgan fingerprint density at radius 1 is 1.45 bits per heavy atom. The standard InChI is InChI=1S/C8H18N2O/c1-9-3-4-10-6-8-2-5-11-7-8/h8-10H,2-7H2,1H3. The molecule has 1 aliphatic rings. The van der Waals surface area contributed by atoms with Crippen LogP contribution < -0.4 is 10.6 Å². The minimum Gasteiger partial charge on any atom is -0.381 e. The van der Waals surface area contributed by atoms with Gasteiger partial charge < -0.3 is 15.4 Å². The van der Waals surface area contributed by atoms with Gasteiger partial charge in [0.2, 0.25) is 0 Å². The summed E-state index contributed by atoms with van der Waals surface area (Å²) in [5, 5.41) is 6.49. The van der Waals surface area contributed by atoms with E-state index in [0.29, 0.717) is 0 Å². The fourth-order valence-electron chi connectivity index (χ4n) is 1.26. The zero-order valence-electron chi connectivity index (χ0n) is 7.23. The molecule has 0 aromatic heterocycles. The molecule has 1 rings (SSSR count). The number of hydrogen-bond donors (Lipinski definition) is 2. The molecule has 3 nitrogen and oxygen atoms in total. The SMILES string of the molecule is CNCCNCC1CCOC1. The maximum atomic E-state index is 5.26. The highest BCUT2D eigenvalue weighted by Crippen LogP contribution is 2.09. The molecule has 0 amide bonds. The Morgan fingerprint density at radius 2 is 2.36 bits per heavy atom. The van der Waals surface area contributed by atoms with Gasteiger partial charge in [-0.15, -0.1) is 0 Å². The van der Waals surface area contributed by atoms with Crippen LogP contribution >= 0.6 is 0 Å². The van der Waals surface area contributed by atoms with Crippen LogP contribution in [0.5, 0.6) is 0 Å². The normalized spacial score (nSPS) is 24.3. The Morgan fingerprint density at radius 3 is 3.00 bits per heavy atom. The molecule has 1 unspecified atom stereocenters. The molecule has 2 N–H and O–H groups in total. The van der Waals surface area contributed by atoms with Gasteiger partial charge in [-0.25, -0.2) is 0 Å². The lowest BCUT2D eigenvalue weighted by molar-refractivity contribution is 0.185. The molecule has 0 saturated carbocycles. The molecule has 0 spiro atoms. The first-order valence-electron chi connectivity index (χ1n) is 4.36. The van der Waals surface area contributed by atoms with Crippen LogP contribution in [0.25, 0.3) is 0 Å². The summed E-state index contributed by atoms with van der Waals surface area (Å²) in [5.41, 5.74) is 0. The van der Waals surface area contributed by atoms with Gasteiger partial charge in [-0.2, -0.15) is 0 Å².